The fourth-order valence-electron chi connectivity index (χ4n) is 3.56. The Hall–Kier alpha value is -1.42. The first-order valence-corrected chi connectivity index (χ1v) is 7.28. The number of rotatable bonds is 4. The molecule has 20 heavy (non-hydrogen) atoms. The van der Waals surface area contributed by atoms with Crippen LogP contribution < -0.4 is 10.1 Å². The first-order valence-electron chi connectivity index (χ1n) is 7.28. The molecule has 1 aromatic rings. The van der Waals surface area contributed by atoms with Crippen LogP contribution in [-0.4, -0.2) is 25.0 Å². The Labute approximate surface area is 118 Å². The Kier molecular flexibility index (Phi) is 3.74. The number of carbonyl (C=O) groups is 1. The van der Waals surface area contributed by atoms with Crippen LogP contribution in [0.5, 0.6) is 5.75 Å². The van der Waals surface area contributed by atoms with Crippen LogP contribution in [-0.2, 0) is 0 Å². The number of carbonyl (C=O) groups excluding carboxylic acids is 1. The normalized spacial score (nSPS) is 28.4. The van der Waals surface area contributed by atoms with Gasteiger partial charge in [-0.25, -0.2) is 4.39 Å². The van der Waals surface area contributed by atoms with Crippen LogP contribution >= 0.6 is 0 Å². The lowest BCUT2D eigenvalue weighted by molar-refractivity contribution is 0.0941. The molecule has 2 atom stereocenters. The molecule has 0 radical (unpaired) electrons. The summed E-state index contributed by atoms with van der Waals surface area (Å²) in [6.45, 7) is 0. The third kappa shape index (κ3) is 2.70. The molecule has 2 saturated heterocycles. The maximum atomic E-state index is 13.9. The summed E-state index contributed by atoms with van der Waals surface area (Å²) in [5.41, 5.74) is 0.191. The molecule has 3 rings (SSSR count). The van der Waals surface area contributed by atoms with E-state index in [0.717, 1.165) is 12.8 Å². The topological polar surface area (TPSA) is 38.3 Å². The monoisotopic (exact) mass is 277 g/mol. The minimum atomic E-state index is -0.480. The molecular formula is C16H20FNO2. The van der Waals surface area contributed by atoms with Crippen LogP contribution in [0.4, 0.5) is 4.39 Å². The van der Waals surface area contributed by atoms with Gasteiger partial charge in [0, 0.05) is 24.6 Å². The van der Waals surface area contributed by atoms with E-state index in [0.29, 0.717) is 30.2 Å². The largest absolute Gasteiger partial charge is 0.497 e. The Morgan fingerprint density at radius 2 is 2.05 bits per heavy atom. The Balaban J connectivity index is 1.67. The zero-order valence-corrected chi connectivity index (χ0v) is 11.7. The first kappa shape index (κ1) is 13.6. The van der Waals surface area contributed by atoms with Crippen molar-refractivity contribution in [3.63, 3.8) is 0 Å². The van der Waals surface area contributed by atoms with Crippen molar-refractivity contribution in [1.82, 2.24) is 5.32 Å². The van der Waals surface area contributed by atoms with E-state index in [1.807, 2.05) is 0 Å². The van der Waals surface area contributed by atoms with Gasteiger partial charge >= 0.3 is 0 Å². The van der Waals surface area contributed by atoms with Crippen molar-refractivity contribution >= 4 is 5.78 Å². The number of hydrogen-bond donors (Lipinski definition) is 1. The number of piperidine rings is 1. The Morgan fingerprint density at radius 1 is 1.35 bits per heavy atom. The summed E-state index contributed by atoms with van der Waals surface area (Å²) < 4.78 is 18.9. The van der Waals surface area contributed by atoms with E-state index in [-0.39, 0.29) is 11.3 Å². The van der Waals surface area contributed by atoms with E-state index in [2.05, 4.69) is 5.32 Å². The van der Waals surface area contributed by atoms with Crippen molar-refractivity contribution in [2.24, 2.45) is 5.92 Å². The average molecular weight is 277 g/mol. The second kappa shape index (κ2) is 5.52. The molecule has 0 amide bonds. The Morgan fingerprint density at radius 3 is 2.65 bits per heavy atom. The number of methoxy groups -OCH3 is 1. The molecule has 2 fully saturated rings. The molecular weight excluding hydrogens is 257 g/mol. The molecule has 108 valence electrons. The van der Waals surface area contributed by atoms with Crippen molar-refractivity contribution in [3.05, 3.63) is 29.6 Å². The Bertz CT molecular complexity index is 505. The second-order valence-electron chi connectivity index (χ2n) is 5.95. The molecule has 2 bridgehead atoms. The van der Waals surface area contributed by atoms with Crippen molar-refractivity contribution < 1.29 is 13.9 Å². The van der Waals surface area contributed by atoms with Gasteiger partial charge in [0.05, 0.1) is 12.7 Å². The number of hydrogen-bond acceptors (Lipinski definition) is 3. The van der Waals surface area contributed by atoms with Crippen molar-refractivity contribution in [3.8, 4) is 5.75 Å². The van der Waals surface area contributed by atoms with E-state index in [1.54, 1.807) is 6.07 Å². The van der Waals surface area contributed by atoms with Gasteiger partial charge in [-0.05, 0) is 43.7 Å². The number of benzene rings is 1. The van der Waals surface area contributed by atoms with E-state index in [4.69, 9.17) is 4.74 Å². The fraction of sp³-hybridized carbons (Fsp3) is 0.562. The van der Waals surface area contributed by atoms with Gasteiger partial charge in [-0.2, -0.15) is 0 Å². The number of fused-ring (bicyclic) bond motifs is 2. The lowest BCUT2D eigenvalue weighted by Gasteiger charge is -2.28. The number of nitrogens with one attached hydrogen (secondary N) is 1. The van der Waals surface area contributed by atoms with Crippen molar-refractivity contribution in [2.75, 3.05) is 7.11 Å². The summed E-state index contributed by atoms with van der Waals surface area (Å²) in [5.74, 6) is 0.268. The summed E-state index contributed by atoms with van der Waals surface area (Å²) in [5, 5.41) is 3.56. The number of Topliss-reactive ketones (excluding diaryl/α,β-unsaturated/α-hetero) is 1. The van der Waals surface area contributed by atoms with E-state index in [1.165, 1.54) is 32.1 Å². The van der Waals surface area contributed by atoms with E-state index >= 15 is 0 Å². The number of ketones is 1. The van der Waals surface area contributed by atoms with Crippen LogP contribution in [0.15, 0.2) is 18.2 Å². The maximum Gasteiger partial charge on any atom is 0.166 e. The highest BCUT2D eigenvalue weighted by atomic mass is 19.1. The molecule has 2 unspecified atom stereocenters. The van der Waals surface area contributed by atoms with Crippen LogP contribution in [0, 0.1) is 11.7 Å². The molecule has 0 aromatic heterocycles. The van der Waals surface area contributed by atoms with Gasteiger partial charge in [0.25, 0.3) is 0 Å². The number of ether oxygens (including phenoxy) is 1. The number of halogens is 1. The molecule has 3 nitrogen and oxygen atoms in total. The summed E-state index contributed by atoms with van der Waals surface area (Å²) in [7, 11) is 1.49. The zero-order valence-electron chi connectivity index (χ0n) is 11.7. The van der Waals surface area contributed by atoms with E-state index in [9.17, 15) is 9.18 Å². The first-order chi connectivity index (χ1) is 9.65. The van der Waals surface area contributed by atoms with Crippen LogP contribution in [0.3, 0.4) is 0 Å². The molecule has 1 aromatic carbocycles. The molecule has 2 heterocycles. The third-order valence-corrected chi connectivity index (χ3v) is 4.52. The summed E-state index contributed by atoms with van der Waals surface area (Å²) in [4.78, 5) is 12.3. The average Bonchev–Trinajstić information content (AvgIpc) is 2.77. The van der Waals surface area contributed by atoms with E-state index < -0.39 is 5.82 Å². The minimum absolute atomic E-state index is 0.0866. The highest BCUT2D eigenvalue weighted by Gasteiger charge is 2.34. The molecule has 1 N–H and O–H groups in total. The van der Waals surface area contributed by atoms with Crippen LogP contribution in [0.1, 0.15) is 42.5 Å². The van der Waals surface area contributed by atoms with Gasteiger partial charge in [0.1, 0.15) is 11.6 Å². The highest BCUT2D eigenvalue weighted by Crippen LogP contribution is 2.33. The fourth-order valence-corrected chi connectivity index (χ4v) is 3.56. The molecule has 0 aliphatic carbocycles. The lowest BCUT2D eigenvalue weighted by atomic mass is 9.87. The van der Waals surface area contributed by atoms with Crippen molar-refractivity contribution in [1.29, 1.82) is 0 Å². The molecule has 2 aliphatic heterocycles. The molecule has 0 saturated carbocycles. The summed E-state index contributed by atoms with van der Waals surface area (Å²) in [6.07, 6.45) is 4.97. The van der Waals surface area contributed by atoms with Gasteiger partial charge in [-0.15, -0.1) is 0 Å². The quantitative estimate of drug-likeness (QED) is 0.860. The van der Waals surface area contributed by atoms with Gasteiger partial charge < -0.3 is 10.1 Å². The van der Waals surface area contributed by atoms with Gasteiger partial charge in [0.2, 0.25) is 0 Å². The van der Waals surface area contributed by atoms with Crippen molar-refractivity contribution in [2.45, 2.75) is 44.2 Å². The minimum Gasteiger partial charge on any atom is -0.497 e. The zero-order chi connectivity index (χ0) is 14.1. The van der Waals surface area contributed by atoms with Crippen LogP contribution in [0.25, 0.3) is 0 Å². The predicted octanol–water partition coefficient (Wildman–Crippen LogP) is 2.94. The highest BCUT2D eigenvalue weighted by molar-refractivity contribution is 5.96. The summed E-state index contributed by atoms with van der Waals surface area (Å²) >= 11 is 0. The standard InChI is InChI=1S/C16H20FNO2/c1-20-13-4-5-14(15(17)9-13)16(19)8-10-6-11-2-3-12(7-10)18-11/h4-5,9-12,18H,2-3,6-8H2,1H3. The third-order valence-electron chi connectivity index (χ3n) is 4.52. The summed E-state index contributed by atoms with van der Waals surface area (Å²) in [6, 6.07) is 5.58. The van der Waals surface area contributed by atoms with Gasteiger partial charge in [-0.1, -0.05) is 0 Å². The molecule has 0 spiro atoms. The maximum absolute atomic E-state index is 13.9. The lowest BCUT2D eigenvalue weighted by Crippen LogP contribution is -2.38. The van der Waals surface area contributed by atoms with Crippen LogP contribution in [0.2, 0.25) is 0 Å². The van der Waals surface area contributed by atoms with Gasteiger partial charge in [0.15, 0.2) is 5.78 Å². The smallest absolute Gasteiger partial charge is 0.166 e. The predicted molar refractivity (Wildman–Crippen MR) is 74.6 cm³/mol. The molecule has 2 aliphatic rings. The SMILES string of the molecule is COc1ccc(C(=O)CC2CC3CCC(C2)N3)c(F)c1. The molecule has 4 heteroatoms. The van der Waals surface area contributed by atoms with Gasteiger partial charge in [-0.3, -0.25) is 4.79 Å². The second-order valence-corrected chi connectivity index (χ2v) is 5.95.